The van der Waals surface area contributed by atoms with Gasteiger partial charge in [0.05, 0.1) is 5.69 Å². The molecule has 0 amide bonds. The molecule has 0 spiro atoms. The molecule has 1 N–H and O–H groups in total. The highest BCUT2D eigenvalue weighted by Crippen LogP contribution is 2.33. The topological polar surface area (TPSA) is 27.1 Å². The van der Waals surface area contributed by atoms with E-state index in [0.29, 0.717) is 24.0 Å². The first-order chi connectivity index (χ1) is 7.24. The van der Waals surface area contributed by atoms with Gasteiger partial charge in [0.2, 0.25) is 0 Å². The van der Waals surface area contributed by atoms with Gasteiger partial charge < -0.3 is 4.90 Å². The van der Waals surface area contributed by atoms with Gasteiger partial charge in [-0.3, -0.25) is 5.41 Å². The third kappa shape index (κ3) is 2.01. The summed E-state index contributed by atoms with van der Waals surface area (Å²) in [6, 6.07) is 6.66. The van der Waals surface area contributed by atoms with Gasteiger partial charge in [-0.1, -0.05) is 12.1 Å². The molecule has 1 aromatic carbocycles. The Kier molecular flexibility index (Phi) is 2.71. The minimum Gasteiger partial charge on any atom is -0.328 e. The first-order valence-corrected chi connectivity index (χ1v) is 5.34. The van der Waals surface area contributed by atoms with Crippen LogP contribution in [0.2, 0.25) is 0 Å². The standard InChI is InChI=1S/C12H15FN2/c1-2-15(12(14)9-7-8-9)11-6-4-3-5-10(11)13/h3-6,9,14H,2,7-8H2,1H3. The fourth-order valence-corrected chi connectivity index (χ4v) is 1.72. The number of halogens is 1. The van der Waals surface area contributed by atoms with E-state index < -0.39 is 0 Å². The number of benzene rings is 1. The van der Waals surface area contributed by atoms with Gasteiger partial charge in [-0.25, -0.2) is 4.39 Å². The van der Waals surface area contributed by atoms with Gasteiger partial charge >= 0.3 is 0 Å². The van der Waals surface area contributed by atoms with Crippen LogP contribution in [-0.2, 0) is 0 Å². The molecule has 0 radical (unpaired) electrons. The Morgan fingerprint density at radius 2 is 2.13 bits per heavy atom. The van der Waals surface area contributed by atoms with Crippen LogP contribution in [0.3, 0.4) is 0 Å². The van der Waals surface area contributed by atoms with Crippen molar-refractivity contribution in [3.05, 3.63) is 30.1 Å². The summed E-state index contributed by atoms with van der Waals surface area (Å²) in [4.78, 5) is 1.76. The molecule has 1 fully saturated rings. The Hall–Kier alpha value is -1.38. The van der Waals surface area contributed by atoms with Crippen molar-refractivity contribution in [1.29, 1.82) is 5.41 Å². The largest absolute Gasteiger partial charge is 0.328 e. The summed E-state index contributed by atoms with van der Waals surface area (Å²) in [6.45, 7) is 2.60. The molecule has 0 aromatic heterocycles. The van der Waals surface area contributed by atoms with E-state index in [2.05, 4.69) is 0 Å². The van der Waals surface area contributed by atoms with Crippen molar-refractivity contribution in [2.45, 2.75) is 19.8 Å². The van der Waals surface area contributed by atoms with Crippen molar-refractivity contribution >= 4 is 11.5 Å². The zero-order valence-electron chi connectivity index (χ0n) is 8.83. The van der Waals surface area contributed by atoms with Gasteiger partial charge in [0.15, 0.2) is 0 Å². The average Bonchev–Trinajstić information content (AvgIpc) is 3.05. The predicted molar refractivity (Wildman–Crippen MR) is 59.9 cm³/mol. The quantitative estimate of drug-likeness (QED) is 0.597. The molecule has 1 aromatic rings. The van der Waals surface area contributed by atoms with Crippen LogP contribution in [0.15, 0.2) is 24.3 Å². The Balaban J connectivity index is 2.25. The van der Waals surface area contributed by atoms with Gasteiger partial charge in [0.1, 0.15) is 11.7 Å². The molecule has 0 unspecified atom stereocenters. The minimum atomic E-state index is -0.246. The maximum absolute atomic E-state index is 13.5. The van der Waals surface area contributed by atoms with E-state index >= 15 is 0 Å². The fourth-order valence-electron chi connectivity index (χ4n) is 1.72. The van der Waals surface area contributed by atoms with Crippen LogP contribution >= 0.6 is 0 Å². The fraction of sp³-hybridized carbons (Fsp3) is 0.417. The lowest BCUT2D eigenvalue weighted by Gasteiger charge is -2.24. The maximum atomic E-state index is 13.5. The van der Waals surface area contributed by atoms with Gasteiger partial charge in [-0.2, -0.15) is 0 Å². The molecule has 3 heteroatoms. The lowest BCUT2D eigenvalue weighted by molar-refractivity contribution is 0.626. The Bertz CT molecular complexity index is 372. The summed E-state index contributed by atoms with van der Waals surface area (Å²) in [5, 5.41) is 7.96. The summed E-state index contributed by atoms with van der Waals surface area (Å²) < 4.78 is 13.5. The normalized spacial score (nSPS) is 15.1. The number of nitrogens with one attached hydrogen (secondary N) is 1. The Morgan fingerprint density at radius 1 is 1.47 bits per heavy atom. The number of para-hydroxylation sites is 1. The number of rotatable bonds is 3. The number of amidine groups is 1. The van der Waals surface area contributed by atoms with Gasteiger partial charge in [-0.05, 0) is 31.9 Å². The molecule has 1 saturated carbocycles. The molecule has 0 saturated heterocycles. The highest BCUT2D eigenvalue weighted by molar-refractivity contribution is 5.98. The maximum Gasteiger partial charge on any atom is 0.146 e. The van der Waals surface area contributed by atoms with Crippen LogP contribution in [-0.4, -0.2) is 12.4 Å². The van der Waals surface area contributed by atoms with E-state index in [9.17, 15) is 4.39 Å². The van der Waals surface area contributed by atoms with Crippen molar-refractivity contribution in [3.8, 4) is 0 Å². The second kappa shape index (κ2) is 4.01. The lowest BCUT2D eigenvalue weighted by Crippen LogP contribution is -2.32. The lowest BCUT2D eigenvalue weighted by atomic mass is 10.2. The summed E-state index contributed by atoms with van der Waals surface area (Å²) in [5.41, 5.74) is 0.525. The van der Waals surface area contributed by atoms with E-state index in [1.165, 1.54) is 6.07 Å². The summed E-state index contributed by atoms with van der Waals surface area (Å²) in [5.74, 6) is 0.664. The molecular formula is C12H15FN2. The van der Waals surface area contributed by atoms with Crippen LogP contribution in [0.4, 0.5) is 10.1 Å². The summed E-state index contributed by atoms with van der Waals surface area (Å²) in [6.07, 6.45) is 2.15. The van der Waals surface area contributed by atoms with Gasteiger partial charge in [0, 0.05) is 12.5 Å². The second-order valence-electron chi connectivity index (χ2n) is 3.86. The van der Waals surface area contributed by atoms with E-state index in [4.69, 9.17) is 5.41 Å². The third-order valence-corrected chi connectivity index (χ3v) is 2.71. The Labute approximate surface area is 89.2 Å². The zero-order valence-corrected chi connectivity index (χ0v) is 8.83. The highest BCUT2D eigenvalue weighted by Gasteiger charge is 2.30. The van der Waals surface area contributed by atoms with E-state index in [1.54, 1.807) is 23.1 Å². The van der Waals surface area contributed by atoms with Crippen molar-refractivity contribution < 1.29 is 4.39 Å². The van der Waals surface area contributed by atoms with E-state index in [0.717, 1.165) is 12.8 Å². The highest BCUT2D eigenvalue weighted by atomic mass is 19.1. The number of nitrogens with zero attached hydrogens (tertiary/aromatic N) is 1. The molecule has 0 bridgehead atoms. The monoisotopic (exact) mass is 206 g/mol. The van der Waals surface area contributed by atoms with Gasteiger partial charge in [-0.15, -0.1) is 0 Å². The SMILES string of the molecule is CCN(C(=N)C1CC1)c1ccccc1F. The van der Waals surface area contributed by atoms with Crippen molar-refractivity contribution in [1.82, 2.24) is 0 Å². The molecule has 80 valence electrons. The minimum absolute atomic E-state index is 0.246. The first kappa shape index (κ1) is 10.1. The van der Waals surface area contributed by atoms with Crippen molar-refractivity contribution in [3.63, 3.8) is 0 Å². The molecule has 15 heavy (non-hydrogen) atoms. The third-order valence-electron chi connectivity index (χ3n) is 2.71. The smallest absolute Gasteiger partial charge is 0.146 e. The number of hydrogen-bond acceptors (Lipinski definition) is 1. The molecule has 0 atom stereocenters. The molecule has 0 aliphatic heterocycles. The molecule has 1 aliphatic rings. The average molecular weight is 206 g/mol. The number of anilines is 1. The Morgan fingerprint density at radius 3 is 2.67 bits per heavy atom. The molecule has 2 rings (SSSR count). The second-order valence-corrected chi connectivity index (χ2v) is 3.86. The van der Waals surface area contributed by atoms with Crippen LogP contribution in [0.25, 0.3) is 0 Å². The predicted octanol–water partition coefficient (Wildman–Crippen LogP) is 3.04. The van der Waals surface area contributed by atoms with E-state index in [-0.39, 0.29) is 5.82 Å². The molecule has 1 aliphatic carbocycles. The zero-order chi connectivity index (χ0) is 10.8. The van der Waals surface area contributed by atoms with Crippen LogP contribution < -0.4 is 4.90 Å². The van der Waals surface area contributed by atoms with Crippen LogP contribution in [0.1, 0.15) is 19.8 Å². The van der Waals surface area contributed by atoms with Gasteiger partial charge in [0.25, 0.3) is 0 Å². The summed E-state index contributed by atoms with van der Waals surface area (Å²) in [7, 11) is 0. The van der Waals surface area contributed by atoms with Crippen molar-refractivity contribution in [2.75, 3.05) is 11.4 Å². The first-order valence-electron chi connectivity index (χ1n) is 5.34. The molecular weight excluding hydrogens is 191 g/mol. The van der Waals surface area contributed by atoms with Crippen LogP contribution in [0.5, 0.6) is 0 Å². The molecule has 0 heterocycles. The van der Waals surface area contributed by atoms with Crippen molar-refractivity contribution in [2.24, 2.45) is 5.92 Å². The number of hydrogen-bond donors (Lipinski definition) is 1. The van der Waals surface area contributed by atoms with Crippen LogP contribution in [0, 0.1) is 17.1 Å². The summed E-state index contributed by atoms with van der Waals surface area (Å²) >= 11 is 0. The van der Waals surface area contributed by atoms with E-state index in [1.807, 2.05) is 6.92 Å². The molecule has 2 nitrogen and oxygen atoms in total.